The Morgan fingerprint density at radius 3 is 2.04 bits per heavy atom. The van der Waals surface area contributed by atoms with Crippen molar-refractivity contribution in [2.45, 2.75) is 129 Å². The average Bonchev–Trinajstić information content (AvgIpc) is 3.00. The number of carbonyl (C=O) groups excluding carboxylic acids is 2. The van der Waals surface area contributed by atoms with Crippen LogP contribution in [-0.4, -0.2) is 52.2 Å². The van der Waals surface area contributed by atoms with Crippen molar-refractivity contribution in [3.05, 3.63) is 66.0 Å². The second-order valence-electron chi connectivity index (χ2n) is 13.4. The molecule has 10 nitrogen and oxygen atoms in total. The van der Waals surface area contributed by atoms with Gasteiger partial charge in [-0.1, -0.05) is 82.3 Å². The lowest BCUT2D eigenvalue weighted by Crippen LogP contribution is -2.55. The van der Waals surface area contributed by atoms with Gasteiger partial charge in [-0.25, -0.2) is 9.65 Å². The zero-order valence-corrected chi connectivity index (χ0v) is 29.2. The van der Waals surface area contributed by atoms with Crippen molar-refractivity contribution in [3.63, 3.8) is 0 Å². The topological polar surface area (TPSA) is 139 Å². The van der Waals surface area contributed by atoms with E-state index in [1.165, 1.54) is 6.42 Å². The van der Waals surface area contributed by atoms with Crippen LogP contribution in [0.5, 0.6) is 0 Å². The maximum Gasteiger partial charge on any atom is 0.406 e. The maximum absolute atomic E-state index is 14.0. The summed E-state index contributed by atoms with van der Waals surface area (Å²) in [6.07, 6.45) is 6.54. The van der Waals surface area contributed by atoms with Gasteiger partial charge in [-0.2, -0.15) is 0 Å². The van der Waals surface area contributed by atoms with Crippen molar-refractivity contribution in [1.29, 1.82) is 0 Å². The number of nitrogens with one attached hydrogen (secondary N) is 3. The number of amides is 2. The van der Waals surface area contributed by atoms with E-state index in [0.29, 0.717) is 24.5 Å². The van der Waals surface area contributed by atoms with E-state index in [0.717, 1.165) is 31.2 Å². The lowest BCUT2D eigenvalue weighted by Gasteiger charge is -2.32. The summed E-state index contributed by atoms with van der Waals surface area (Å²) in [6.45, 7) is 10.9. The van der Waals surface area contributed by atoms with E-state index in [4.69, 9.17) is 9.05 Å². The molecule has 1 fully saturated rings. The fourth-order valence-corrected chi connectivity index (χ4v) is 7.81. The van der Waals surface area contributed by atoms with E-state index in [1.54, 1.807) is 46.0 Å². The van der Waals surface area contributed by atoms with Gasteiger partial charge in [0.05, 0.1) is 23.9 Å². The van der Waals surface area contributed by atoms with Crippen LogP contribution >= 0.6 is 7.75 Å². The standard InChI is InChI=1S/C35H55N4O6P/c1-24(2)21-31(34(41)37-30(22-27-15-9-7-10-16-27)33(40)29-19-13-14-20-36-29)38-35(42)32(23-28-17-11-8-12-18-28)39-46(43,44-25(3)4)45-26(5)6/h8,11-14,17-20,24-27,30-33,40H,7,9-10,15-16,21-23H2,1-6H3,(H,37,41)(H,38,42)(H,39,43)/t30-,31-,32-,33-/m0/s1. The SMILES string of the molecule is CC(C)C[C@H](NC(=O)[C@H](Cc1ccccc1)NP(=O)(OC(C)C)OC(C)C)C(=O)N[C@@H](CC1CCCCC1)[C@@H](O)c1ccccn1. The molecule has 0 unspecified atom stereocenters. The highest BCUT2D eigenvalue weighted by atomic mass is 31.2. The van der Waals surface area contributed by atoms with Crippen LogP contribution in [0.2, 0.25) is 0 Å². The highest BCUT2D eigenvalue weighted by Crippen LogP contribution is 2.47. The summed E-state index contributed by atoms with van der Waals surface area (Å²) < 4.78 is 25.2. The van der Waals surface area contributed by atoms with Crippen molar-refractivity contribution in [2.75, 3.05) is 0 Å². The molecular formula is C35H55N4O6P. The van der Waals surface area contributed by atoms with E-state index >= 15 is 0 Å². The molecule has 11 heteroatoms. The van der Waals surface area contributed by atoms with E-state index in [1.807, 2.05) is 50.2 Å². The van der Waals surface area contributed by atoms with Gasteiger partial charge in [0.2, 0.25) is 11.8 Å². The predicted octanol–water partition coefficient (Wildman–Crippen LogP) is 6.26. The summed E-state index contributed by atoms with van der Waals surface area (Å²) in [6, 6.07) is 12.3. The van der Waals surface area contributed by atoms with Gasteiger partial charge in [-0.15, -0.1) is 0 Å². The first-order valence-corrected chi connectivity index (χ1v) is 18.4. The molecule has 1 saturated carbocycles. The number of aromatic nitrogens is 1. The molecule has 2 aromatic rings. The zero-order valence-electron chi connectivity index (χ0n) is 28.4. The van der Waals surface area contributed by atoms with Crippen molar-refractivity contribution in [2.24, 2.45) is 11.8 Å². The quantitative estimate of drug-likeness (QED) is 0.138. The van der Waals surface area contributed by atoms with Crippen LogP contribution in [0.1, 0.15) is 104 Å². The second kappa shape index (κ2) is 18.6. The number of nitrogens with zero attached hydrogens (tertiary/aromatic N) is 1. The van der Waals surface area contributed by atoms with Gasteiger partial charge < -0.3 is 15.7 Å². The largest absolute Gasteiger partial charge is 0.406 e. The summed E-state index contributed by atoms with van der Waals surface area (Å²) in [4.78, 5) is 32.3. The average molecular weight is 659 g/mol. The molecule has 1 aromatic carbocycles. The third-order valence-corrected chi connectivity index (χ3v) is 9.99. The number of hydrogen-bond donors (Lipinski definition) is 4. The van der Waals surface area contributed by atoms with Crippen LogP contribution < -0.4 is 15.7 Å². The lowest BCUT2D eigenvalue weighted by molar-refractivity contribution is -0.131. The maximum atomic E-state index is 14.0. The molecule has 0 radical (unpaired) electrons. The molecule has 256 valence electrons. The molecule has 1 aromatic heterocycles. The Morgan fingerprint density at radius 2 is 1.48 bits per heavy atom. The zero-order chi connectivity index (χ0) is 33.7. The molecule has 0 spiro atoms. The molecule has 1 heterocycles. The van der Waals surface area contributed by atoms with Crippen LogP contribution in [0.4, 0.5) is 0 Å². The Hall–Kier alpha value is -2.62. The smallest absolute Gasteiger partial charge is 0.385 e. The Kier molecular flexibility index (Phi) is 15.3. The van der Waals surface area contributed by atoms with Crippen molar-refractivity contribution in [3.8, 4) is 0 Å². The monoisotopic (exact) mass is 658 g/mol. The van der Waals surface area contributed by atoms with Gasteiger partial charge in [0.25, 0.3) is 0 Å². The molecular weight excluding hydrogens is 603 g/mol. The van der Waals surface area contributed by atoms with E-state index < -0.39 is 50.1 Å². The minimum atomic E-state index is -3.92. The molecule has 2 amide bonds. The van der Waals surface area contributed by atoms with Gasteiger partial charge in [0.15, 0.2) is 0 Å². The molecule has 0 saturated heterocycles. The Balaban J connectivity index is 1.86. The summed E-state index contributed by atoms with van der Waals surface area (Å²) >= 11 is 0. The van der Waals surface area contributed by atoms with Gasteiger partial charge in [-0.05, 0) is 76.5 Å². The normalized spacial score (nSPS) is 17.1. The molecule has 1 aliphatic carbocycles. The molecule has 0 bridgehead atoms. The number of aliphatic hydroxyl groups is 1. The summed E-state index contributed by atoms with van der Waals surface area (Å²) in [5, 5.41) is 20.3. The van der Waals surface area contributed by atoms with Crippen LogP contribution in [-0.2, 0) is 29.6 Å². The van der Waals surface area contributed by atoms with Gasteiger partial charge >= 0.3 is 7.75 Å². The number of pyridine rings is 1. The number of hydrogen-bond acceptors (Lipinski definition) is 7. The highest BCUT2D eigenvalue weighted by Gasteiger charge is 2.37. The summed E-state index contributed by atoms with van der Waals surface area (Å²) in [5.41, 5.74) is 1.33. The number of benzene rings is 1. The molecule has 1 aliphatic rings. The van der Waals surface area contributed by atoms with E-state index in [2.05, 4.69) is 20.7 Å². The highest BCUT2D eigenvalue weighted by molar-refractivity contribution is 7.51. The van der Waals surface area contributed by atoms with Crippen molar-refractivity contribution < 1.29 is 28.3 Å². The van der Waals surface area contributed by atoms with Gasteiger partial charge in [0.1, 0.15) is 18.2 Å². The fraction of sp³-hybridized carbons (Fsp3) is 0.629. The lowest BCUT2D eigenvalue weighted by atomic mass is 9.83. The molecule has 3 rings (SSSR count). The van der Waals surface area contributed by atoms with Crippen LogP contribution in [0, 0.1) is 11.8 Å². The molecule has 4 atom stereocenters. The first-order chi connectivity index (χ1) is 21.8. The molecule has 46 heavy (non-hydrogen) atoms. The third-order valence-electron chi connectivity index (χ3n) is 7.96. The summed E-state index contributed by atoms with van der Waals surface area (Å²) in [5.74, 6) is -0.421. The Bertz CT molecular complexity index is 1230. The first kappa shape index (κ1) is 37.8. The first-order valence-electron chi connectivity index (χ1n) is 16.8. The van der Waals surface area contributed by atoms with Crippen molar-refractivity contribution >= 4 is 19.6 Å². The predicted molar refractivity (Wildman–Crippen MR) is 181 cm³/mol. The van der Waals surface area contributed by atoms with Gasteiger partial charge in [0, 0.05) is 6.20 Å². The summed E-state index contributed by atoms with van der Waals surface area (Å²) in [7, 11) is -3.92. The van der Waals surface area contributed by atoms with E-state index in [-0.39, 0.29) is 18.2 Å². The number of aliphatic hydroxyl groups excluding tert-OH is 1. The van der Waals surface area contributed by atoms with Crippen LogP contribution in [0.25, 0.3) is 0 Å². The molecule has 0 aliphatic heterocycles. The van der Waals surface area contributed by atoms with Crippen molar-refractivity contribution in [1.82, 2.24) is 20.7 Å². The minimum Gasteiger partial charge on any atom is -0.385 e. The number of rotatable bonds is 18. The van der Waals surface area contributed by atoms with Gasteiger partial charge in [-0.3, -0.25) is 23.6 Å². The van der Waals surface area contributed by atoms with Crippen LogP contribution in [0.15, 0.2) is 54.7 Å². The van der Waals surface area contributed by atoms with E-state index in [9.17, 15) is 19.3 Å². The Morgan fingerprint density at radius 1 is 0.870 bits per heavy atom. The minimum absolute atomic E-state index is 0.0775. The third kappa shape index (κ3) is 12.9. The second-order valence-corrected chi connectivity index (χ2v) is 15.1. The Labute approximate surface area is 275 Å². The van der Waals surface area contributed by atoms with Crippen LogP contribution in [0.3, 0.4) is 0 Å². The number of carbonyl (C=O) groups is 2. The fourth-order valence-electron chi connectivity index (χ4n) is 5.94. The molecule has 4 N–H and O–H groups in total.